The average Bonchev–Trinajstić information content (AvgIpc) is 2.74. The highest BCUT2D eigenvalue weighted by Gasteiger charge is 2.39. The molecule has 0 aromatic heterocycles. The van der Waals surface area contributed by atoms with Crippen LogP contribution in [-0.2, 0) is 9.59 Å². The number of imide groups is 1. The van der Waals surface area contributed by atoms with Gasteiger partial charge in [-0.05, 0) is 54.8 Å². The number of rotatable bonds is 2. The Bertz CT molecular complexity index is 856. The van der Waals surface area contributed by atoms with E-state index in [0.29, 0.717) is 11.3 Å². The highest BCUT2D eigenvalue weighted by Crippen LogP contribution is 2.35. The van der Waals surface area contributed by atoms with Gasteiger partial charge < -0.3 is 0 Å². The zero-order chi connectivity index (χ0) is 16.7. The number of anilines is 1. The summed E-state index contributed by atoms with van der Waals surface area (Å²) in [6.07, 6.45) is 0. The van der Waals surface area contributed by atoms with Crippen molar-refractivity contribution in [2.45, 2.75) is 13.8 Å². The minimum atomic E-state index is -0.600. The highest BCUT2D eigenvalue weighted by atomic mass is 35.5. The Morgan fingerprint density at radius 3 is 2.17 bits per heavy atom. The first-order valence-corrected chi connectivity index (χ1v) is 7.39. The molecule has 0 saturated carbocycles. The van der Waals surface area contributed by atoms with Gasteiger partial charge in [0.2, 0.25) is 0 Å². The molecule has 2 aromatic rings. The van der Waals surface area contributed by atoms with Gasteiger partial charge in [0.05, 0.1) is 11.3 Å². The Morgan fingerprint density at radius 2 is 1.57 bits per heavy atom. The molecule has 0 radical (unpaired) electrons. The molecule has 5 heteroatoms. The van der Waals surface area contributed by atoms with Crippen molar-refractivity contribution in [3.05, 3.63) is 70.0 Å². The summed E-state index contributed by atoms with van der Waals surface area (Å²) >= 11 is 6.12. The average molecular weight is 330 g/mol. The molecule has 1 aliphatic rings. The molecule has 0 spiro atoms. The van der Waals surface area contributed by atoms with Crippen molar-refractivity contribution in [3.63, 3.8) is 0 Å². The molecule has 2 aromatic carbocycles. The predicted molar refractivity (Wildman–Crippen MR) is 87.6 cm³/mol. The monoisotopic (exact) mass is 329 g/mol. The van der Waals surface area contributed by atoms with E-state index in [-0.39, 0.29) is 10.6 Å². The third kappa shape index (κ3) is 2.55. The molecular formula is C18H13ClFNO2. The Kier molecular flexibility index (Phi) is 3.78. The number of amides is 2. The molecule has 0 fully saturated rings. The van der Waals surface area contributed by atoms with Gasteiger partial charge in [0.25, 0.3) is 11.8 Å². The zero-order valence-corrected chi connectivity index (χ0v) is 13.3. The second-order valence-corrected chi connectivity index (χ2v) is 5.79. The number of carbonyl (C=O) groups excluding carboxylic acids is 2. The van der Waals surface area contributed by atoms with Crippen LogP contribution in [0, 0.1) is 19.7 Å². The van der Waals surface area contributed by atoms with E-state index in [9.17, 15) is 14.0 Å². The number of carbonyl (C=O) groups is 2. The van der Waals surface area contributed by atoms with Gasteiger partial charge in [0, 0.05) is 0 Å². The smallest absolute Gasteiger partial charge is 0.268 e. The summed E-state index contributed by atoms with van der Waals surface area (Å²) in [4.78, 5) is 26.0. The van der Waals surface area contributed by atoms with E-state index < -0.39 is 17.6 Å². The minimum Gasteiger partial charge on any atom is -0.268 e. The number of hydrogen-bond acceptors (Lipinski definition) is 2. The molecule has 0 bridgehead atoms. The molecule has 3 rings (SSSR count). The van der Waals surface area contributed by atoms with E-state index in [1.807, 2.05) is 26.0 Å². The van der Waals surface area contributed by atoms with Gasteiger partial charge in [-0.3, -0.25) is 9.59 Å². The third-order valence-electron chi connectivity index (χ3n) is 3.91. The maximum absolute atomic E-state index is 13.0. The van der Waals surface area contributed by atoms with E-state index in [4.69, 9.17) is 11.6 Å². The van der Waals surface area contributed by atoms with E-state index in [2.05, 4.69) is 0 Å². The van der Waals surface area contributed by atoms with Gasteiger partial charge in [0.1, 0.15) is 10.8 Å². The van der Waals surface area contributed by atoms with Crippen molar-refractivity contribution in [1.29, 1.82) is 0 Å². The SMILES string of the molecule is Cc1ccc(C2=C(Cl)C(=O)N(c3ccc(F)cc3)C2=O)cc1C. The van der Waals surface area contributed by atoms with Crippen molar-refractivity contribution >= 4 is 34.7 Å². The van der Waals surface area contributed by atoms with Crippen molar-refractivity contribution < 1.29 is 14.0 Å². The topological polar surface area (TPSA) is 37.4 Å². The van der Waals surface area contributed by atoms with Gasteiger partial charge in [-0.25, -0.2) is 9.29 Å². The lowest BCUT2D eigenvalue weighted by atomic mass is 10.0. The van der Waals surface area contributed by atoms with Crippen LogP contribution in [0.3, 0.4) is 0 Å². The van der Waals surface area contributed by atoms with Crippen LogP contribution in [0.5, 0.6) is 0 Å². The molecule has 0 aliphatic carbocycles. The molecule has 0 N–H and O–H groups in total. The van der Waals surface area contributed by atoms with E-state index in [0.717, 1.165) is 16.0 Å². The molecular weight excluding hydrogens is 317 g/mol. The maximum atomic E-state index is 13.0. The van der Waals surface area contributed by atoms with Crippen LogP contribution in [0.15, 0.2) is 47.5 Å². The molecule has 0 unspecified atom stereocenters. The summed E-state index contributed by atoms with van der Waals surface area (Å²) in [6, 6.07) is 10.6. The van der Waals surface area contributed by atoms with Crippen LogP contribution in [0.2, 0.25) is 0 Å². The van der Waals surface area contributed by atoms with E-state index in [1.165, 1.54) is 24.3 Å². The second kappa shape index (κ2) is 5.63. The second-order valence-electron chi connectivity index (χ2n) is 5.41. The molecule has 23 heavy (non-hydrogen) atoms. The van der Waals surface area contributed by atoms with Gasteiger partial charge >= 0.3 is 0 Å². The first-order valence-electron chi connectivity index (χ1n) is 7.02. The van der Waals surface area contributed by atoms with Crippen LogP contribution < -0.4 is 4.90 Å². The van der Waals surface area contributed by atoms with Crippen LogP contribution in [0.25, 0.3) is 5.57 Å². The zero-order valence-electron chi connectivity index (χ0n) is 12.6. The third-order valence-corrected chi connectivity index (χ3v) is 4.26. The fourth-order valence-electron chi connectivity index (χ4n) is 2.47. The molecule has 0 saturated heterocycles. The lowest BCUT2D eigenvalue weighted by Gasteiger charge is -2.15. The standard InChI is InChI=1S/C18H13ClFNO2/c1-10-3-4-12(9-11(10)2)15-16(19)18(23)21(17(15)22)14-7-5-13(20)6-8-14/h3-9H,1-2H3. The number of hydrogen-bond donors (Lipinski definition) is 0. The largest absolute Gasteiger partial charge is 0.277 e. The normalized spacial score (nSPS) is 14.9. The predicted octanol–water partition coefficient (Wildman–Crippen LogP) is 3.97. The minimum absolute atomic E-state index is 0.123. The first kappa shape index (κ1) is 15.4. The molecule has 3 nitrogen and oxygen atoms in total. The summed E-state index contributed by atoms with van der Waals surface area (Å²) in [6.45, 7) is 3.88. The van der Waals surface area contributed by atoms with Crippen molar-refractivity contribution in [2.24, 2.45) is 0 Å². The summed E-state index contributed by atoms with van der Waals surface area (Å²) < 4.78 is 13.0. The van der Waals surface area contributed by atoms with Crippen LogP contribution in [0.4, 0.5) is 10.1 Å². The fourth-order valence-corrected chi connectivity index (χ4v) is 2.75. The Hall–Kier alpha value is -2.46. The van der Waals surface area contributed by atoms with Crippen molar-refractivity contribution in [2.75, 3.05) is 4.90 Å². The van der Waals surface area contributed by atoms with Gasteiger partial charge in [-0.2, -0.15) is 0 Å². The first-order chi connectivity index (χ1) is 10.9. The maximum Gasteiger partial charge on any atom is 0.277 e. The fraction of sp³-hybridized carbons (Fsp3) is 0.111. The van der Waals surface area contributed by atoms with Crippen LogP contribution in [0.1, 0.15) is 16.7 Å². The molecule has 2 amide bonds. The summed E-state index contributed by atoms with van der Waals surface area (Å²) in [7, 11) is 0. The van der Waals surface area contributed by atoms with Gasteiger partial charge in [0.15, 0.2) is 0 Å². The number of halogens is 2. The quantitative estimate of drug-likeness (QED) is 0.782. The number of nitrogens with zero attached hydrogens (tertiary/aromatic N) is 1. The van der Waals surface area contributed by atoms with Crippen molar-refractivity contribution in [3.8, 4) is 0 Å². The molecule has 1 aliphatic heterocycles. The molecule has 0 atom stereocenters. The van der Waals surface area contributed by atoms with E-state index in [1.54, 1.807) is 6.07 Å². The van der Waals surface area contributed by atoms with Crippen LogP contribution in [-0.4, -0.2) is 11.8 Å². The summed E-state index contributed by atoms with van der Waals surface area (Å²) in [5.41, 5.74) is 3.14. The summed E-state index contributed by atoms with van der Waals surface area (Å²) in [5.74, 6) is -1.55. The number of aryl methyl sites for hydroxylation is 2. The van der Waals surface area contributed by atoms with E-state index >= 15 is 0 Å². The number of benzene rings is 2. The lowest BCUT2D eigenvalue weighted by Crippen LogP contribution is -2.31. The Balaban J connectivity index is 2.05. The summed E-state index contributed by atoms with van der Waals surface area (Å²) in [5, 5.41) is -0.123. The molecule has 1 heterocycles. The van der Waals surface area contributed by atoms with Gasteiger partial charge in [-0.15, -0.1) is 0 Å². The molecule has 116 valence electrons. The Labute approximate surface area is 138 Å². The van der Waals surface area contributed by atoms with Gasteiger partial charge in [-0.1, -0.05) is 29.8 Å². The van der Waals surface area contributed by atoms with Crippen LogP contribution >= 0.6 is 11.6 Å². The highest BCUT2D eigenvalue weighted by molar-refractivity contribution is 6.60. The lowest BCUT2D eigenvalue weighted by molar-refractivity contribution is -0.119. The Morgan fingerprint density at radius 1 is 0.913 bits per heavy atom. The van der Waals surface area contributed by atoms with Crippen molar-refractivity contribution in [1.82, 2.24) is 0 Å².